The Hall–Kier alpha value is -1.53. The zero-order valence-corrected chi connectivity index (χ0v) is 14.1. The quantitative estimate of drug-likeness (QED) is 0.934. The number of amides is 1. The van der Waals surface area contributed by atoms with Gasteiger partial charge in [0.25, 0.3) is 11.5 Å². The number of likely N-dealkylation sites (tertiary alicyclic amines) is 1. The number of nitrogens with one attached hydrogen (secondary N) is 1. The minimum Gasteiger partial charge on any atom is -0.332 e. The second kappa shape index (κ2) is 5.59. The van der Waals surface area contributed by atoms with E-state index >= 15 is 0 Å². The van der Waals surface area contributed by atoms with Crippen molar-refractivity contribution in [3.05, 3.63) is 43.5 Å². The molecule has 1 saturated heterocycles. The van der Waals surface area contributed by atoms with Crippen LogP contribution in [0.2, 0.25) is 4.34 Å². The fourth-order valence-electron chi connectivity index (χ4n) is 3.12. The summed E-state index contributed by atoms with van der Waals surface area (Å²) in [6, 6.07) is 5.27. The molecule has 0 aliphatic carbocycles. The predicted molar refractivity (Wildman–Crippen MR) is 87.7 cm³/mol. The average molecular weight is 340 g/mol. The van der Waals surface area contributed by atoms with Gasteiger partial charge in [0, 0.05) is 36.5 Å². The summed E-state index contributed by atoms with van der Waals surface area (Å²) in [4.78, 5) is 27.4. The van der Waals surface area contributed by atoms with Crippen LogP contribution in [0.5, 0.6) is 0 Å². The molecule has 1 amide bonds. The van der Waals surface area contributed by atoms with Crippen molar-refractivity contribution in [1.29, 1.82) is 0 Å². The summed E-state index contributed by atoms with van der Waals surface area (Å²) in [5, 5.41) is 2.82. The molecule has 2 aromatic rings. The maximum absolute atomic E-state index is 12.7. The Morgan fingerprint density at radius 2 is 2.27 bits per heavy atom. The molecule has 1 fully saturated rings. The van der Waals surface area contributed by atoms with Crippen LogP contribution in [0, 0.1) is 0 Å². The van der Waals surface area contributed by atoms with Gasteiger partial charge in [0.05, 0.1) is 4.34 Å². The molecule has 3 rings (SSSR count). The second-order valence-electron chi connectivity index (χ2n) is 6.01. The number of hydrogen-bond donors (Lipinski definition) is 1. The van der Waals surface area contributed by atoms with Gasteiger partial charge in [-0.05, 0) is 31.9 Å². The smallest absolute Gasteiger partial charge is 0.272 e. The van der Waals surface area contributed by atoms with Gasteiger partial charge in [0.15, 0.2) is 0 Å². The number of nitrogens with zero attached hydrogens (tertiary/aromatic N) is 2. The lowest BCUT2D eigenvalue weighted by molar-refractivity contribution is 0.0618. The summed E-state index contributed by atoms with van der Waals surface area (Å²) in [7, 11) is 1.61. The van der Waals surface area contributed by atoms with Crippen LogP contribution in [-0.2, 0) is 13.5 Å². The van der Waals surface area contributed by atoms with Crippen molar-refractivity contribution in [2.24, 2.45) is 7.05 Å². The first kappa shape index (κ1) is 15.4. The van der Waals surface area contributed by atoms with Crippen molar-refractivity contribution in [3.8, 4) is 0 Å². The normalized spacial score (nSPS) is 21.5. The van der Waals surface area contributed by atoms with Crippen LogP contribution in [0.3, 0.4) is 0 Å². The van der Waals surface area contributed by atoms with Crippen molar-refractivity contribution in [3.63, 3.8) is 0 Å². The van der Waals surface area contributed by atoms with E-state index in [0.717, 1.165) is 23.6 Å². The number of H-pyrrole nitrogens is 1. The molecule has 1 aliphatic heterocycles. The van der Waals surface area contributed by atoms with Gasteiger partial charge < -0.3 is 4.90 Å². The maximum atomic E-state index is 12.7. The highest BCUT2D eigenvalue weighted by Gasteiger charge is 2.40. The summed E-state index contributed by atoms with van der Waals surface area (Å²) in [5.74, 6) is -0.111. The molecule has 2 aromatic heterocycles. The Labute approximate surface area is 137 Å². The summed E-state index contributed by atoms with van der Waals surface area (Å²) >= 11 is 7.56. The Morgan fingerprint density at radius 3 is 2.86 bits per heavy atom. The first-order valence-corrected chi connectivity index (χ1v) is 8.41. The first-order chi connectivity index (χ1) is 10.4. The molecule has 118 valence electrons. The predicted octanol–water partition coefficient (Wildman–Crippen LogP) is 2.67. The molecule has 0 spiro atoms. The van der Waals surface area contributed by atoms with Crippen molar-refractivity contribution in [2.75, 3.05) is 6.54 Å². The number of carbonyl (C=O) groups is 1. The average Bonchev–Trinajstić information content (AvgIpc) is 3.11. The molecular weight excluding hydrogens is 322 g/mol. The van der Waals surface area contributed by atoms with Gasteiger partial charge in [-0.3, -0.25) is 19.4 Å². The lowest BCUT2D eigenvalue weighted by Gasteiger charge is -2.35. The Morgan fingerprint density at radius 1 is 1.50 bits per heavy atom. The lowest BCUT2D eigenvalue weighted by atomic mass is 9.93. The largest absolute Gasteiger partial charge is 0.332 e. The number of halogens is 1. The Balaban J connectivity index is 1.85. The Bertz CT molecular complexity index is 763. The third kappa shape index (κ3) is 2.73. The second-order valence-corrected chi connectivity index (χ2v) is 7.81. The van der Waals surface area contributed by atoms with Crippen LogP contribution < -0.4 is 5.56 Å². The maximum Gasteiger partial charge on any atom is 0.272 e. The van der Waals surface area contributed by atoms with E-state index in [9.17, 15) is 9.59 Å². The molecule has 1 aliphatic rings. The van der Waals surface area contributed by atoms with E-state index in [-0.39, 0.29) is 17.0 Å². The molecule has 0 radical (unpaired) electrons. The first-order valence-electron chi connectivity index (χ1n) is 7.21. The van der Waals surface area contributed by atoms with Crippen molar-refractivity contribution in [1.82, 2.24) is 14.7 Å². The summed E-state index contributed by atoms with van der Waals surface area (Å²) < 4.78 is 2.08. The van der Waals surface area contributed by atoms with E-state index in [0.29, 0.717) is 12.2 Å². The SMILES string of the molecule is Cn1[nH]c(C(=O)N2CCCC2(C)Cc2ccc(Cl)s2)cc1=O. The summed E-state index contributed by atoms with van der Waals surface area (Å²) in [6.45, 7) is 2.82. The van der Waals surface area contributed by atoms with Crippen LogP contribution in [-0.4, -0.2) is 32.7 Å². The third-order valence-electron chi connectivity index (χ3n) is 4.29. The number of aromatic amines is 1. The van der Waals surface area contributed by atoms with E-state index in [1.165, 1.54) is 15.6 Å². The molecule has 0 aromatic carbocycles. The van der Waals surface area contributed by atoms with Crippen molar-refractivity contribution >= 4 is 28.8 Å². The monoisotopic (exact) mass is 339 g/mol. The number of hydrogen-bond acceptors (Lipinski definition) is 3. The van der Waals surface area contributed by atoms with E-state index < -0.39 is 0 Å². The van der Waals surface area contributed by atoms with E-state index in [4.69, 9.17) is 11.6 Å². The fourth-order valence-corrected chi connectivity index (χ4v) is 4.38. The number of aromatic nitrogens is 2. The van der Waals surface area contributed by atoms with Crippen molar-refractivity contribution < 1.29 is 4.79 Å². The van der Waals surface area contributed by atoms with Crippen LogP contribution >= 0.6 is 22.9 Å². The molecule has 0 saturated carbocycles. The standard InChI is InChI=1S/C15H18ClN3O2S/c1-15(9-10-4-5-12(16)22-10)6-3-7-19(15)14(21)11-8-13(20)18(2)17-11/h4-5,8,17H,3,6-7,9H2,1-2H3. The minimum atomic E-state index is -0.238. The summed E-state index contributed by atoms with van der Waals surface area (Å²) in [5.41, 5.74) is -0.0861. The molecule has 7 heteroatoms. The molecule has 22 heavy (non-hydrogen) atoms. The highest BCUT2D eigenvalue weighted by molar-refractivity contribution is 7.16. The molecule has 5 nitrogen and oxygen atoms in total. The van der Waals surface area contributed by atoms with Gasteiger partial charge in [-0.15, -0.1) is 11.3 Å². The molecule has 1 unspecified atom stereocenters. The fraction of sp³-hybridized carbons (Fsp3) is 0.467. The highest BCUT2D eigenvalue weighted by Crippen LogP contribution is 2.35. The number of rotatable bonds is 3. The zero-order valence-electron chi connectivity index (χ0n) is 12.6. The van der Waals surface area contributed by atoms with Crippen LogP contribution in [0.15, 0.2) is 23.0 Å². The third-order valence-corrected chi connectivity index (χ3v) is 5.53. The highest BCUT2D eigenvalue weighted by atomic mass is 35.5. The lowest BCUT2D eigenvalue weighted by Crippen LogP contribution is -2.46. The van der Waals surface area contributed by atoms with Gasteiger partial charge in [-0.1, -0.05) is 11.6 Å². The number of thiophene rings is 1. The van der Waals surface area contributed by atoms with Gasteiger partial charge in [-0.2, -0.15) is 0 Å². The van der Waals surface area contributed by atoms with E-state index in [1.54, 1.807) is 18.4 Å². The number of carbonyl (C=O) groups excluding carboxylic acids is 1. The molecular formula is C15H18ClN3O2S. The van der Waals surface area contributed by atoms with E-state index in [1.807, 2.05) is 17.0 Å². The zero-order chi connectivity index (χ0) is 15.9. The van der Waals surface area contributed by atoms with E-state index in [2.05, 4.69) is 12.0 Å². The summed E-state index contributed by atoms with van der Waals surface area (Å²) in [6.07, 6.45) is 2.71. The molecule has 0 bridgehead atoms. The van der Waals surface area contributed by atoms with Crippen LogP contribution in [0.1, 0.15) is 35.1 Å². The minimum absolute atomic E-state index is 0.111. The van der Waals surface area contributed by atoms with Gasteiger partial charge in [-0.25, -0.2) is 0 Å². The molecule has 3 heterocycles. The van der Waals surface area contributed by atoms with Gasteiger partial charge in [0.1, 0.15) is 5.69 Å². The molecule has 1 N–H and O–H groups in total. The molecule has 1 atom stereocenters. The van der Waals surface area contributed by atoms with Gasteiger partial charge in [0.2, 0.25) is 0 Å². The Kier molecular flexibility index (Phi) is 3.91. The number of aryl methyl sites for hydroxylation is 1. The van der Waals surface area contributed by atoms with Crippen LogP contribution in [0.4, 0.5) is 0 Å². The topological polar surface area (TPSA) is 58.1 Å². The van der Waals surface area contributed by atoms with Crippen molar-refractivity contribution in [2.45, 2.75) is 31.7 Å². The van der Waals surface area contributed by atoms with Crippen LogP contribution in [0.25, 0.3) is 0 Å². The van der Waals surface area contributed by atoms with Gasteiger partial charge >= 0.3 is 0 Å².